The molecule has 0 aliphatic heterocycles. The number of allylic oxidation sites excluding steroid dienone is 1. The summed E-state index contributed by atoms with van der Waals surface area (Å²) in [5, 5.41) is 0. The molecule has 1 aliphatic rings. The Hall–Kier alpha value is -0.630. The van der Waals surface area contributed by atoms with E-state index in [0.717, 1.165) is 24.0 Å². The highest BCUT2D eigenvalue weighted by Crippen LogP contribution is 2.27. The van der Waals surface area contributed by atoms with Crippen molar-refractivity contribution < 1.29 is 4.39 Å². The average Bonchev–Trinajstić information content (AvgIpc) is 2.12. The first-order valence-corrected chi connectivity index (χ1v) is 4.72. The van der Waals surface area contributed by atoms with Gasteiger partial charge in [0.2, 0.25) is 0 Å². The molecule has 0 bridgehead atoms. The van der Waals surface area contributed by atoms with Crippen LogP contribution in [0.5, 0.6) is 0 Å². The van der Waals surface area contributed by atoms with Crippen LogP contribution < -0.4 is 0 Å². The predicted molar refractivity (Wildman–Crippen MR) is 51.5 cm³/mol. The Labute approximate surface area is 79.2 Å². The number of hydrogen-bond acceptors (Lipinski definition) is 0. The third-order valence-corrected chi connectivity index (χ3v) is 2.70. The van der Waals surface area contributed by atoms with E-state index in [9.17, 15) is 4.39 Å². The van der Waals surface area contributed by atoms with Crippen LogP contribution in [0.3, 0.4) is 0 Å². The third-order valence-electron chi connectivity index (χ3n) is 2.09. The van der Waals surface area contributed by atoms with Gasteiger partial charge in [-0.25, -0.2) is 4.39 Å². The Morgan fingerprint density at radius 3 is 3.00 bits per heavy atom. The zero-order chi connectivity index (χ0) is 8.55. The molecule has 0 nitrogen and oxygen atoms in total. The normalized spacial score (nSPS) is 14.5. The molecule has 0 N–H and O–H groups in total. The van der Waals surface area contributed by atoms with Crippen molar-refractivity contribution in [1.82, 2.24) is 0 Å². The minimum atomic E-state index is -0.100. The van der Waals surface area contributed by atoms with Gasteiger partial charge in [0.25, 0.3) is 0 Å². The van der Waals surface area contributed by atoms with Crippen LogP contribution >= 0.6 is 15.9 Å². The SMILES string of the molecule is Fc1c(Br)ccc2c1CCC=C2. The number of rotatable bonds is 0. The van der Waals surface area contributed by atoms with Gasteiger partial charge in [0.05, 0.1) is 4.47 Å². The molecule has 0 spiro atoms. The Balaban J connectivity index is 2.63. The molecule has 1 aromatic rings. The lowest BCUT2D eigenvalue weighted by Crippen LogP contribution is -1.98. The van der Waals surface area contributed by atoms with Crippen molar-refractivity contribution in [2.75, 3.05) is 0 Å². The molecule has 62 valence electrons. The van der Waals surface area contributed by atoms with E-state index in [1.165, 1.54) is 0 Å². The molecule has 2 rings (SSSR count). The van der Waals surface area contributed by atoms with E-state index in [1.807, 2.05) is 12.1 Å². The molecular formula is C10H8BrF. The molecule has 0 aromatic heterocycles. The van der Waals surface area contributed by atoms with Crippen LogP contribution in [-0.4, -0.2) is 0 Å². The van der Waals surface area contributed by atoms with Crippen LogP contribution in [0.4, 0.5) is 4.39 Å². The molecule has 0 amide bonds. The first-order valence-electron chi connectivity index (χ1n) is 3.92. The van der Waals surface area contributed by atoms with Crippen LogP contribution in [0.2, 0.25) is 0 Å². The quantitative estimate of drug-likeness (QED) is 0.635. The number of hydrogen-bond donors (Lipinski definition) is 0. The molecule has 0 fully saturated rings. The summed E-state index contributed by atoms with van der Waals surface area (Å²) in [5.74, 6) is -0.100. The van der Waals surface area contributed by atoms with Gasteiger partial charge in [-0.2, -0.15) is 0 Å². The first kappa shape index (κ1) is 7.99. The number of benzene rings is 1. The summed E-state index contributed by atoms with van der Waals surface area (Å²) < 4.78 is 14.0. The summed E-state index contributed by atoms with van der Waals surface area (Å²) in [5.41, 5.74) is 1.86. The molecular weight excluding hydrogens is 219 g/mol. The molecule has 1 aromatic carbocycles. The van der Waals surface area contributed by atoms with Gasteiger partial charge in [-0.15, -0.1) is 0 Å². The lowest BCUT2D eigenvalue weighted by molar-refractivity contribution is 0.601. The van der Waals surface area contributed by atoms with E-state index < -0.39 is 0 Å². The molecule has 12 heavy (non-hydrogen) atoms. The fraction of sp³-hybridized carbons (Fsp3) is 0.200. The van der Waals surface area contributed by atoms with Gasteiger partial charge in [0, 0.05) is 0 Å². The van der Waals surface area contributed by atoms with Crippen LogP contribution in [-0.2, 0) is 6.42 Å². The maximum atomic E-state index is 13.4. The van der Waals surface area contributed by atoms with Crippen LogP contribution in [0, 0.1) is 5.82 Å². The molecule has 0 radical (unpaired) electrons. The highest BCUT2D eigenvalue weighted by Gasteiger charge is 2.11. The van der Waals surface area contributed by atoms with E-state index >= 15 is 0 Å². The fourth-order valence-electron chi connectivity index (χ4n) is 1.46. The second-order valence-corrected chi connectivity index (χ2v) is 3.72. The number of halogens is 2. The van der Waals surface area contributed by atoms with Crippen molar-refractivity contribution in [2.24, 2.45) is 0 Å². The molecule has 1 aliphatic carbocycles. The van der Waals surface area contributed by atoms with Crippen molar-refractivity contribution >= 4 is 22.0 Å². The predicted octanol–water partition coefficient (Wildman–Crippen LogP) is 3.55. The Morgan fingerprint density at radius 1 is 1.33 bits per heavy atom. The molecule has 0 saturated carbocycles. The molecule has 0 heterocycles. The molecule has 0 unspecified atom stereocenters. The smallest absolute Gasteiger partial charge is 0.141 e. The standard InChI is InChI=1S/C10H8BrF/c11-9-6-5-7-3-1-2-4-8(7)10(9)12/h1,3,5-6H,2,4H2. The van der Waals surface area contributed by atoms with Gasteiger partial charge in [-0.1, -0.05) is 18.2 Å². The summed E-state index contributed by atoms with van der Waals surface area (Å²) in [7, 11) is 0. The van der Waals surface area contributed by atoms with E-state index in [0.29, 0.717) is 4.47 Å². The Kier molecular flexibility index (Phi) is 2.01. The summed E-state index contributed by atoms with van der Waals surface area (Å²) in [6.45, 7) is 0. The van der Waals surface area contributed by atoms with Gasteiger partial charge >= 0.3 is 0 Å². The minimum Gasteiger partial charge on any atom is -0.205 e. The van der Waals surface area contributed by atoms with Crippen molar-refractivity contribution in [1.29, 1.82) is 0 Å². The monoisotopic (exact) mass is 226 g/mol. The fourth-order valence-corrected chi connectivity index (χ4v) is 1.83. The zero-order valence-electron chi connectivity index (χ0n) is 6.48. The van der Waals surface area contributed by atoms with Gasteiger partial charge in [-0.3, -0.25) is 0 Å². The van der Waals surface area contributed by atoms with E-state index in [1.54, 1.807) is 6.07 Å². The molecule has 0 atom stereocenters. The van der Waals surface area contributed by atoms with E-state index in [4.69, 9.17) is 0 Å². The Bertz CT molecular complexity index is 342. The zero-order valence-corrected chi connectivity index (χ0v) is 8.07. The lowest BCUT2D eigenvalue weighted by atomic mass is 9.97. The Morgan fingerprint density at radius 2 is 2.17 bits per heavy atom. The highest BCUT2D eigenvalue weighted by atomic mass is 79.9. The first-order chi connectivity index (χ1) is 5.79. The van der Waals surface area contributed by atoms with Crippen molar-refractivity contribution in [2.45, 2.75) is 12.8 Å². The highest BCUT2D eigenvalue weighted by molar-refractivity contribution is 9.10. The van der Waals surface area contributed by atoms with E-state index in [-0.39, 0.29) is 5.82 Å². The van der Waals surface area contributed by atoms with Gasteiger partial charge < -0.3 is 0 Å². The van der Waals surface area contributed by atoms with Crippen molar-refractivity contribution in [3.63, 3.8) is 0 Å². The van der Waals surface area contributed by atoms with Crippen molar-refractivity contribution in [3.8, 4) is 0 Å². The average molecular weight is 227 g/mol. The van der Waals surface area contributed by atoms with Crippen LogP contribution in [0.1, 0.15) is 17.5 Å². The maximum Gasteiger partial charge on any atom is 0.141 e. The summed E-state index contributed by atoms with van der Waals surface area (Å²) >= 11 is 3.18. The summed E-state index contributed by atoms with van der Waals surface area (Å²) in [6, 6.07) is 3.70. The summed E-state index contributed by atoms with van der Waals surface area (Å²) in [6.07, 6.45) is 5.82. The lowest BCUT2D eigenvalue weighted by Gasteiger charge is -2.11. The van der Waals surface area contributed by atoms with Gasteiger partial charge in [0.1, 0.15) is 5.82 Å². The maximum absolute atomic E-state index is 13.4. The largest absolute Gasteiger partial charge is 0.205 e. The number of fused-ring (bicyclic) bond motifs is 1. The van der Waals surface area contributed by atoms with Crippen LogP contribution in [0.25, 0.3) is 6.08 Å². The third kappa shape index (κ3) is 1.20. The molecule has 2 heteroatoms. The molecule has 0 saturated heterocycles. The van der Waals surface area contributed by atoms with Crippen molar-refractivity contribution in [3.05, 3.63) is 39.6 Å². The van der Waals surface area contributed by atoms with Gasteiger partial charge in [0.15, 0.2) is 0 Å². The minimum absolute atomic E-state index is 0.100. The van der Waals surface area contributed by atoms with Crippen LogP contribution in [0.15, 0.2) is 22.7 Å². The van der Waals surface area contributed by atoms with E-state index in [2.05, 4.69) is 22.0 Å². The topological polar surface area (TPSA) is 0 Å². The summed E-state index contributed by atoms with van der Waals surface area (Å²) in [4.78, 5) is 0. The van der Waals surface area contributed by atoms with Gasteiger partial charge in [-0.05, 0) is 46.0 Å². The second-order valence-electron chi connectivity index (χ2n) is 2.87. The second kappa shape index (κ2) is 3.02.